The minimum absolute atomic E-state index is 0.0434. The highest BCUT2D eigenvalue weighted by Gasteiger charge is 2.41. The number of aryl methyl sites for hydroxylation is 1. The van der Waals surface area contributed by atoms with E-state index in [-0.39, 0.29) is 17.2 Å². The van der Waals surface area contributed by atoms with Crippen LogP contribution in [0.4, 0.5) is 4.39 Å². The molecule has 0 spiro atoms. The van der Waals surface area contributed by atoms with E-state index in [0.29, 0.717) is 17.9 Å². The van der Waals surface area contributed by atoms with E-state index >= 15 is 0 Å². The Kier molecular flexibility index (Phi) is 6.87. The Morgan fingerprint density at radius 3 is 2.36 bits per heavy atom. The summed E-state index contributed by atoms with van der Waals surface area (Å²) < 4.78 is 26.3. The van der Waals surface area contributed by atoms with E-state index < -0.39 is 11.4 Å². The van der Waals surface area contributed by atoms with Gasteiger partial charge in [0, 0.05) is 11.5 Å². The normalized spacial score (nSPS) is 15.5. The molecule has 5 heteroatoms. The lowest BCUT2D eigenvalue weighted by atomic mass is 9.75. The van der Waals surface area contributed by atoms with E-state index in [4.69, 9.17) is 9.47 Å². The highest BCUT2D eigenvalue weighted by Crippen LogP contribution is 2.46. The Balaban J connectivity index is 1.61. The van der Waals surface area contributed by atoms with Crippen LogP contribution in [0.5, 0.6) is 11.5 Å². The minimum Gasteiger partial charge on any atom is -0.497 e. The number of hydrogen-bond donors (Lipinski definition) is 1. The first-order chi connectivity index (χ1) is 16.9. The van der Waals surface area contributed by atoms with Crippen LogP contribution in [0.1, 0.15) is 69.2 Å². The van der Waals surface area contributed by atoms with E-state index in [2.05, 4.69) is 32.9 Å². The maximum absolute atomic E-state index is 14.8. The monoisotopic (exact) mass is 490 g/mol. The van der Waals surface area contributed by atoms with Gasteiger partial charge in [0.25, 0.3) is 0 Å². The number of carbonyl (C=O) groups is 1. The number of rotatable bonds is 7. The van der Waals surface area contributed by atoms with Crippen molar-refractivity contribution in [3.05, 3.63) is 82.7 Å². The van der Waals surface area contributed by atoms with Gasteiger partial charge < -0.3 is 14.6 Å². The minimum atomic E-state index is -0.837. The van der Waals surface area contributed by atoms with Crippen LogP contribution in [0.25, 0.3) is 11.1 Å². The van der Waals surface area contributed by atoms with Crippen molar-refractivity contribution < 1.29 is 23.8 Å². The van der Waals surface area contributed by atoms with Crippen LogP contribution < -0.4 is 9.47 Å². The molecular formula is C31H35FO4. The zero-order valence-corrected chi connectivity index (χ0v) is 21.9. The average molecular weight is 491 g/mol. The summed E-state index contributed by atoms with van der Waals surface area (Å²) in [4.78, 5) is 11.9. The van der Waals surface area contributed by atoms with Crippen molar-refractivity contribution in [1.29, 1.82) is 0 Å². The van der Waals surface area contributed by atoms with Crippen molar-refractivity contribution in [3.8, 4) is 22.6 Å². The van der Waals surface area contributed by atoms with E-state index in [1.165, 1.54) is 11.6 Å². The largest absolute Gasteiger partial charge is 0.497 e. The number of aliphatic carboxylic acids is 1. The Hall–Kier alpha value is -3.34. The summed E-state index contributed by atoms with van der Waals surface area (Å²) >= 11 is 0. The van der Waals surface area contributed by atoms with Crippen LogP contribution in [0.2, 0.25) is 0 Å². The molecule has 0 fully saturated rings. The standard InChI is InChI=1S/C31H35FO4/c1-30(2,3)27-15-19(7-12-23(27)25-16-21(35-6)11-14-28(25)32)18-36-22-10-8-20-9-13-26(24(20)17-22)31(4,5)29(33)34/h7-8,10-12,14-17,26H,9,13,18H2,1-6H3,(H,33,34)/t26-/m0/s1. The lowest BCUT2D eigenvalue weighted by molar-refractivity contribution is -0.148. The molecule has 3 aromatic carbocycles. The topological polar surface area (TPSA) is 55.8 Å². The first-order valence-electron chi connectivity index (χ1n) is 12.4. The second-order valence-electron chi connectivity index (χ2n) is 11.2. The number of carboxylic acids is 1. The molecule has 0 aliphatic heterocycles. The van der Waals surface area contributed by atoms with Crippen LogP contribution in [-0.4, -0.2) is 18.2 Å². The maximum atomic E-state index is 14.8. The molecule has 190 valence electrons. The predicted molar refractivity (Wildman–Crippen MR) is 140 cm³/mol. The average Bonchev–Trinajstić information content (AvgIpc) is 3.26. The van der Waals surface area contributed by atoms with Crippen molar-refractivity contribution >= 4 is 5.97 Å². The molecule has 0 heterocycles. The molecule has 0 saturated heterocycles. The number of ether oxygens (including phenoxy) is 2. The van der Waals surface area contributed by atoms with Gasteiger partial charge in [0.2, 0.25) is 0 Å². The SMILES string of the molecule is COc1ccc(F)c(-c2ccc(COc3ccc4c(c3)[C@@H](C(C)(C)C(=O)O)CC4)cc2C(C)(C)C)c1. The summed E-state index contributed by atoms with van der Waals surface area (Å²) in [6.45, 7) is 10.3. The lowest BCUT2D eigenvalue weighted by Crippen LogP contribution is -2.30. The van der Waals surface area contributed by atoms with Gasteiger partial charge in [-0.05, 0) is 90.3 Å². The van der Waals surface area contributed by atoms with Gasteiger partial charge in [-0.3, -0.25) is 4.79 Å². The van der Waals surface area contributed by atoms with Crippen molar-refractivity contribution in [1.82, 2.24) is 0 Å². The molecule has 0 amide bonds. The van der Waals surface area contributed by atoms with E-state index in [0.717, 1.165) is 40.8 Å². The quantitative estimate of drug-likeness (QED) is 0.372. The van der Waals surface area contributed by atoms with Crippen molar-refractivity contribution in [3.63, 3.8) is 0 Å². The molecule has 4 rings (SSSR count). The first-order valence-corrected chi connectivity index (χ1v) is 12.4. The van der Waals surface area contributed by atoms with Gasteiger partial charge in [0.15, 0.2) is 0 Å². The molecular weight excluding hydrogens is 455 g/mol. The number of methoxy groups -OCH3 is 1. The molecule has 4 nitrogen and oxygen atoms in total. The highest BCUT2D eigenvalue weighted by atomic mass is 19.1. The molecule has 1 aliphatic rings. The number of halogens is 1. The first kappa shape index (κ1) is 25.7. The fourth-order valence-electron chi connectivity index (χ4n) is 5.11. The Morgan fingerprint density at radius 2 is 1.69 bits per heavy atom. The number of carboxylic acid groups (broad SMARTS) is 1. The number of fused-ring (bicyclic) bond motifs is 1. The van der Waals surface area contributed by atoms with Gasteiger partial charge in [-0.25, -0.2) is 4.39 Å². The van der Waals surface area contributed by atoms with Crippen molar-refractivity contribution in [2.75, 3.05) is 7.11 Å². The van der Waals surface area contributed by atoms with Gasteiger partial charge in [-0.1, -0.05) is 45.0 Å². The molecule has 0 radical (unpaired) electrons. The fourth-order valence-corrected chi connectivity index (χ4v) is 5.11. The molecule has 1 atom stereocenters. The third-order valence-electron chi connectivity index (χ3n) is 7.38. The van der Waals surface area contributed by atoms with Crippen LogP contribution >= 0.6 is 0 Å². The molecule has 1 N–H and O–H groups in total. The zero-order valence-electron chi connectivity index (χ0n) is 21.9. The zero-order chi connectivity index (χ0) is 26.3. The Morgan fingerprint density at radius 1 is 0.972 bits per heavy atom. The summed E-state index contributed by atoms with van der Waals surface area (Å²) in [5, 5.41) is 9.73. The summed E-state index contributed by atoms with van der Waals surface area (Å²) in [5.41, 5.74) is 4.56. The highest BCUT2D eigenvalue weighted by molar-refractivity contribution is 5.75. The van der Waals surface area contributed by atoms with Crippen LogP contribution in [0, 0.1) is 11.2 Å². The molecule has 36 heavy (non-hydrogen) atoms. The second kappa shape index (κ2) is 9.61. The van der Waals surface area contributed by atoms with Crippen molar-refractivity contribution in [2.24, 2.45) is 5.41 Å². The fraction of sp³-hybridized carbons (Fsp3) is 0.387. The third-order valence-corrected chi connectivity index (χ3v) is 7.38. The maximum Gasteiger partial charge on any atom is 0.309 e. The summed E-state index contributed by atoms with van der Waals surface area (Å²) in [6.07, 6.45) is 1.71. The van der Waals surface area contributed by atoms with Gasteiger partial charge in [0.05, 0.1) is 12.5 Å². The van der Waals surface area contributed by atoms with Crippen LogP contribution in [-0.2, 0) is 23.2 Å². The molecule has 0 aromatic heterocycles. The van der Waals surface area contributed by atoms with E-state index in [1.807, 2.05) is 24.3 Å². The summed E-state index contributed by atoms with van der Waals surface area (Å²) in [5.74, 6) is 0.219. The van der Waals surface area contributed by atoms with Gasteiger partial charge in [0.1, 0.15) is 23.9 Å². The van der Waals surface area contributed by atoms with Gasteiger partial charge >= 0.3 is 5.97 Å². The molecule has 0 saturated carbocycles. The van der Waals surface area contributed by atoms with Gasteiger partial charge in [-0.15, -0.1) is 0 Å². The number of hydrogen-bond acceptors (Lipinski definition) is 3. The van der Waals surface area contributed by atoms with E-state index in [1.54, 1.807) is 33.1 Å². The molecule has 1 aliphatic carbocycles. The molecule has 0 unspecified atom stereocenters. The van der Waals surface area contributed by atoms with Gasteiger partial charge in [-0.2, -0.15) is 0 Å². The predicted octanol–water partition coefficient (Wildman–Crippen LogP) is 7.52. The van der Waals surface area contributed by atoms with Crippen LogP contribution in [0.15, 0.2) is 54.6 Å². The van der Waals surface area contributed by atoms with Crippen molar-refractivity contribution in [2.45, 2.75) is 65.4 Å². The Bertz CT molecular complexity index is 1290. The summed E-state index contributed by atoms with van der Waals surface area (Å²) in [6, 6.07) is 16.8. The molecule has 0 bridgehead atoms. The molecule has 3 aromatic rings. The third kappa shape index (κ3) is 4.97. The smallest absolute Gasteiger partial charge is 0.309 e. The summed E-state index contributed by atoms with van der Waals surface area (Å²) in [7, 11) is 1.58. The lowest BCUT2D eigenvalue weighted by Gasteiger charge is -2.28. The Labute approximate surface area is 213 Å². The number of benzene rings is 3. The second-order valence-corrected chi connectivity index (χ2v) is 11.2. The van der Waals surface area contributed by atoms with Crippen LogP contribution in [0.3, 0.4) is 0 Å². The van der Waals surface area contributed by atoms with E-state index in [9.17, 15) is 14.3 Å².